The van der Waals surface area contributed by atoms with Gasteiger partial charge in [-0.05, 0) is 43.3 Å². The predicted molar refractivity (Wildman–Crippen MR) is 92.1 cm³/mol. The summed E-state index contributed by atoms with van der Waals surface area (Å²) in [6.45, 7) is 1.71. The van der Waals surface area contributed by atoms with Crippen LogP contribution in [0.15, 0.2) is 59.0 Å². The third-order valence-electron chi connectivity index (χ3n) is 3.61. The topological polar surface area (TPSA) is 64.4 Å². The number of aryl methyl sites for hydroxylation is 1. The molecule has 0 aliphatic heterocycles. The molecule has 140 valence electrons. The van der Waals surface area contributed by atoms with Crippen molar-refractivity contribution in [3.63, 3.8) is 0 Å². The van der Waals surface area contributed by atoms with Crippen molar-refractivity contribution < 1.29 is 27.1 Å². The van der Waals surface area contributed by atoms with Crippen molar-refractivity contribution in [1.82, 2.24) is 4.98 Å². The highest BCUT2D eigenvalue weighted by Gasteiger charge is 2.31. The van der Waals surface area contributed by atoms with Crippen molar-refractivity contribution in [2.24, 2.45) is 0 Å². The molecular weight excluding hydrogens is 361 g/mol. The van der Waals surface area contributed by atoms with E-state index in [2.05, 4.69) is 15.0 Å². The molecule has 3 rings (SSSR count). The molecule has 0 aliphatic rings. The van der Waals surface area contributed by atoms with Crippen molar-refractivity contribution >= 4 is 11.6 Å². The molecule has 0 aliphatic carbocycles. The summed E-state index contributed by atoms with van der Waals surface area (Å²) in [6, 6.07) is 14.2. The van der Waals surface area contributed by atoms with Crippen LogP contribution in [-0.4, -0.2) is 17.3 Å². The van der Waals surface area contributed by atoms with E-state index in [0.717, 1.165) is 17.7 Å². The van der Waals surface area contributed by atoms with Gasteiger partial charge in [-0.3, -0.25) is 4.79 Å². The van der Waals surface area contributed by atoms with Crippen LogP contribution in [0.2, 0.25) is 0 Å². The van der Waals surface area contributed by atoms with Gasteiger partial charge in [0.05, 0.1) is 12.1 Å². The summed E-state index contributed by atoms with van der Waals surface area (Å²) >= 11 is 0. The van der Waals surface area contributed by atoms with Crippen molar-refractivity contribution in [1.29, 1.82) is 0 Å². The third-order valence-corrected chi connectivity index (χ3v) is 3.61. The molecule has 1 amide bonds. The van der Waals surface area contributed by atoms with Crippen LogP contribution in [0.1, 0.15) is 11.5 Å². The summed E-state index contributed by atoms with van der Waals surface area (Å²) in [6.07, 6.45) is -4.78. The molecule has 0 radical (unpaired) electrons. The van der Waals surface area contributed by atoms with Gasteiger partial charge in [0.2, 0.25) is 11.8 Å². The van der Waals surface area contributed by atoms with Crippen LogP contribution >= 0.6 is 0 Å². The normalized spacial score (nSPS) is 11.3. The molecule has 8 heteroatoms. The molecule has 1 aromatic heterocycles. The maximum atomic E-state index is 12.2. The number of hydrogen-bond acceptors (Lipinski definition) is 4. The number of nitrogens with zero attached hydrogens (tertiary/aromatic N) is 1. The Morgan fingerprint density at radius 1 is 1.11 bits per heavy atom. The van der Waals surface area contributed by atoms with Crippen LogP contribution in [0.4, 0.5) is 18.9 Å². The van der Waals surface area contributed by atoms with Crippen molar-refractivity contribution in [2.45, 2.75) is 19.7 Å². The van der Waals surface area contributed by atoms with E-state index in [0.29, 0.717) is 23.0 Å². The molecular formula is C19H15F3N2O3. The fourth-order valence-corrected chi connectivity index (χ4v) is 2.39. The number of aromatic nitrogens is 1. The number of hydrogen-bond donors (Lipinski definition) is 1. The first-order valence-corrected chi connectivity index (χ1v) is 7.97. The van der Waals surface area contributed by atoms with Crippen molar-refractivity contribution in [2.75, 3.05) is 5.32 Å². The van der Waals surface area contributed by atoms with Gasteiger partial charge in [-0.1, -0.05) is 18.2 Å². The van der Waals surface area contributed by atoms with E-state index in [1.807, 2.05) is 30.3 Å². The zero-order valence-electron chi connectivity index (χ0n) is 14.2. The number of amides is 1. The predicted octanol–water partition coefficient (Wildman–Crippen LogP) is 4.73. The Kier molecular flexibility index (Phi) is 5.16. The summed E-state index contributed by atoms with van der Waals surface area (Å²) in [5.74, 6) is 0.221. The second-order valence-corrected chi connectivity index (χ2v) is 5.69. The monoisotopic (exact) mass is 376 g/mol. The maximum absolute atomic E-state index is 12.2. The second-order valence-electron chi connectivity index (χ2n) is 5.69. The van der Waals surface area contributed by atoms with E-state index in [4.69, 9.17) is 4.42 Å². The number of nitrogens with one attached hydrogen (secondary N) is 1. The van der Waals surface area contributed by atoms with Crippen LogP contribution in [0.3, 0.4) is 0 Å². The molecule has 0 spiro atoms. The summed E-state index contributed by atoms with van der Waals surface area (Å²) in [5.41, 5.74) is 1.63. The quantitative estimate of drug-likeness (QED) is 0.699. The number of anilines is 1. The molecule has 5 nitrogen and oxygen atoms in total. The van der Waals surface area contributed by atoms with Gasteiger partial charge in [-0.2, -0.15) is 0 Å². The lowest BCUT2D eigenvalue weighted by Gasteiger charge is -2.09. The Hall–Kier alpha value is -3.29. The smallest absolute Gasteiger partial charge is 0.441 e. The van der Waals surface area contributed by atoms with Gasteiger partial charge in [0, 0.05) is 11.3 Å². The summed E-state index contributed by atoms with van der Waals surface area (Å²) < 4.78 is 45.8. The molecule has 1 heterocycles. The van der Waals surface area contributed by atoms with Gasteiger partial charge in [-0.25, -0.2) is 4.98 Å². The van der Waals surface area contributed by atoms with Crippen molar-refractivity contribution in [3.05, 3.63) is 66.1 Å². The van der Waals surface area contributed by atoms with Crippen LogP contribution < -0.4 is 10.1 Å². The van der Waals surface area contributed by atoms with Gasteiger partial charge in [0.15, 0.2) is 0 Å². The highest BCUT2D eigenvalue weighted by atomic mass is 19.4. The molecule has 0 bridgehead atoms. The van der Waals surface area contributed by atoms with Crippen LogP contribution in [0.25, 0.3) is 11.5 Å². The Morgan fingerprint density at radius 2 is 1.78 bits per heavy atom. The second kappa shape index (κ2) is 7.53. The minimum atomic E-state index is -4.76. The number of alkyl halides is 3. The largest absolute Gasteiger partial charge is 0.573 e. The Labute approximate surface area is 152 Å². The average Bonchev–Trinajstić information content (AvgIpc) is 2.97. The lowest BCUT2D eigenvalue weighted by molar-refractivity contribution is -0.274. The zero-order valence-corrected chi connectivity index (χ0v) is 14.2. The van der Waals surface area contributed by atoms with E-state index in [9.17, 15) is 18.0 Å². The molecule has 27 heavy (non-hydrogen) atoms. The number of halogens is 3. The van der Waals surface area contributed by atoms with E-state index in [-0.39, 0.29) is 18.1 Å². The van der Waals surface area contributed by atoms with E-state index < -0.39 is 6.36 Å². The van der Waals surface area contributed by atoms with Gasteiger partial charge in [0.1, 0.15) is 11.5 Å². The molecule has 0 saturated carbocycles. The van der Waals surface area contributed by atoms with E-state index >= 15 is 0 Å². The van der Waals surface area contributed by atoms with Gasteiger partial charge >= 0.3 is 6.36 Å². The summed E-state index contributed by atoms with van der Waals surface area (Å²) in [7, 11) is 0. The first kappa shape index (κ1) is 18.5. The molecule has 0 unspecified atom stereocenters. The minimum absolute atomic E-state index is 0.0248. The van der Waals surface area contributed by atoms with Crippen LogP contribution in [0, 0.1) is 6.92 Å². The number of rotatable bonds is 5. The molecule has 0 atom stereocenters. The number of oxazole rings is 1. The lowest BCUT2D eigenvalue weighted by Crippen LogP contribution is -2.17. The third kappa shape index (κ3) is 5.10. The number of carbonyl (C=O) groups is 1. The number of ether oxygens (including phenoxy) is 1. The van der Waals surface area contributed by atoms with Crippen molar-refractivity contribution in [3.8, 4) is 17.2 Å². The fraction of sp³-hybridized carbons (Fsp3) is 0.158. The maximum Gasteiger partial charge on any atom is 0.573 e. The molecule has 0 fully saturated rings. The Morgan fingerprint density at radius 3 is 2.41 bits per heavy atom. The molecule has 1 N–H and O–H groups in total. The van der Waals surface area contributed by atoms with Gasteiger partial charge < -0.3 is 14.5 Å². The van der Waals surface area contributed by atoms with Crippen LogP contribution in [0.5, 0.6) is 5.75 Å². The van der Waals surface area contributed by atoms with Crippen LogP contribution in [-0.2, 0) is 11.2 Å². The van der Waals surface area contributed by atoms with Gasteiger partial charge in [0.25, 0.3) is 0 Å². The standard InChI is InChI=1S/C19H15F3N2O3/c1-12-16(24-18(26-12)13-5-3-2-4-6-13)11-17(25)23-14-7-9-15(10-8-14)27-19(20,21)22/h2-10H,11H2,1H3,(H,23,25). The lowest BCUT2D eigenvalue weighted by atomic mass is 10.2. The molecule has 3 aromatic rings. The summed E-state index contributed by atoms with van der Waals surface area (Å²) in [4.78, 5) is 16.5. The summed E-state index contributed by atoms with van der Waals surface area (Å²) in [5, 5.41) is 2.60. The highest BCUT2D eigenvalue weighted by molar-refractivity contribution is 5.92. The van der Waals surface area contributed by atoms with Gasteiger partial charge in [-0.15, -0.1) is 13.2 Å². The average molecular weight is 376 g/mol. The van der Waals surface area contributed by atoms with E-state index in [1.165, 1.54) is 12.1 Å². The Balaban J connectivity index is 1.64. The minimum Gasteiger partial charge on any atom is -0.441 e. The zero-order chi connectivity index (χ0) is 19.4. The SMILES string of the molecule is Cc1oc(-c2ccccc2)nc1CC(=O)Nc1ccc(OC(F)(F)F)cc1. The molecule has 0 saturated heterocycles. The first-order chi connectivity index (χ1) is 12.8. The Bertz CT molecular complexity index is 920. The number of benzene rings is 2. The number of carbonyl (C=O) groups excluding carboxylic acids is 1. The molecule has 2 aromatic carbocycles. The van der Waals surface area contributed by atoms with E-state index in [1.54, 1.807) is 6.92 Å². The highest BCUT2D eigenvalue weighted by Crippen LogP contribution is 2.24. The fourth-order valence-electron chi connectivity index (χ4n) is 2.39. The first-order valence-electron chi connectivity index (χ1n) is 7.97.